The van der Waals surface area contributed by atoms with Crippen LogP contribution in [0.5, 0.6) is 0 Å². The first-order valence-electron chi connectivity index (χ1n) is 4.58. The molecule has 0 saturated carbocycles. The van der Waals surface area contributed by atoms with Gasteiger partial charge in [-0.15, -0.1) is 0 Å². The van der Waals surface area contributed by atoms with Crippen molar-refractivity contribution in [2.75, 3.05) is 0 Å². The summed E-state index contributed by atoms with van der Waals surface area (Å²) < 4.78 is 14.2. The largest absolute Gasteiger partial charge is 0.477 e. The van der Waals surface area contributed by atoms with Gasteiger partial charge in [0.25, 0.3) is 0 Å². The molecule has 0 aliphatic carbocycles. The highest BCUT2D eigenvalue weighted by atomic mass is 19.1. The van der Waals surface area contributed by atoms with Crippen LogP contribution in [0.1, 0.15) is 16.1 Å². The fourth-order valence-corrected chi connectivity index (χ4v) is 1.39. The number of carboxylic acids is 1. The van der Waals surface area contributed by atoms with Crippen molar-refractivity contribution in [3.63, 3.8) is 0 Å². The molecule has 0 atom stereocenters. The van der Waals surface area contributed by atoms with Crippen LogP contribution in [0.15, 0.2) is 30.5 Å². The van der Waals surface area contributed by atoms with Crippen molar-refractivity contribution in [1.29, 1.82) is 0 Å². The average Bonchev–Trinajstić information content (AvgIpc) is 2.66. The van der Waals surface area contributed by atoms with E-state index in [1.54, 1.807) is 6.07 Å². The number of carboxylic acid groups (broad SMARTS) is 1. The molecule has 1 radical (unpaired) electrons. The Morgan fingerprint density at radius 2 is 2.38 bits per heavy atom. The van der Waals surface area contributed by atoms with Gasteiger partial charge in [-0.2, -0.15) is 5.10 Å². The number of hydrogen-bond acceptors (Lipinski definition) is 2. The summed E-state index contributed by atoms with van der Waals surface area (Å²) in [6.45, 7) is 0.222. The van der Waals surface area contributed by atoms with Crippen molar-refractivity contribution in [3.05, 3.63) is 53.6 Å². The lowest BCUT2D eigenvalue weighted by molar-refractivity contribution is 0.0684. The standard InChI is InChI=1S/C11H8FN2O2/c12-9-3-1-2-8(6-9)7-14-10(11(15)16)4-5-13-14/h1-2,4-6H,7H2,(H,15,16). The Morgan fingerprint density at radius 1 is 1.56 bits per heavy atom. The van der Waals surface area contributed by atoms with Crippen LogP contribution < -0.4 is 0 Å². The first-order chi connectivity index (χ1) is 7.66. The van der Waals surface area contributed by atoms with Gasteiger partial charge in [0.1, 0.15) is 11.5 Å². The highest BCUT2D eigenvalue weighted by molar-refractivity contribution is 5.85. The minimum atomic E-state index is -1.06. The fraction of sp³-hybridized carbons (Fsp3) is 0.0909. The summed E-state index contributed by atoms with van der Waals surface area (Å²) in [5.41, 5.74) is 0.718. The second kappa shape index (κ2) is 4.14. The van der Waals surface area contributed by atoms with E-state index < -0.39 is 11.8 Å². The molecule has 81 valence electrons. The maximum absolute atomic E-state index is 12.9. The molecule has 0 amide bonds. The lowest BCUT2D eigenvalue weighted by Crippen LogP contribution is -2.10. The molecule has 0 aliphatic heterocycles. The third kappa shape index (κ3) is 2.08. The summed E-state index contributed by atoms with van der Waals surface area (Å²) in [6, 6.07) is 8.19. The Bertz CT molecular complexity index is 522. The third-order valence-electron chi connectivity index (χ3n) is 2.10. The van der Waals surface area contributed by atoms with Crippen LogP contribution >= 0.6 is 0 Å². The second-order valence-corrected chi connectivity index (χ2v) is 3.22. The quantitative estimate of drug-likeness (QED) is 0.852. The SMILES string of the molecule is O=C(O)c1ccnn1Cc1cc[c]c(F)c1. The zero-order valence-electron chi connectivity index (χ0n) is 8.22. The normalized spacial score (nSPS) is 10.3. The molecule has 0 aliphatic rings. The van der Waals surface area contributed by atoms with Gasteiger partial charge in [0, 0.05) is 12.3 Å². The van der Waals surface area contributed by atoms with E-state index in [0.29, 0.717) is 5.56 Å². The molecule has 2 rings (SSSR count). The van der Waals surface area contributed by atoms with Gasteiger partial charge in [0.2, 0.25) is 0 Å². The summed E-state index contributed by atoms with van der Waals surface area (Å²) in [5, 5.41) is 12.7. The molecule has 1 aromatic carbocycles. The van der Waals surface area contributed by atoms with Crippen molar-refractivity contribution in [1.82, 2.24) is 9.78 Å². The molecular formula is C11H8FN2O2. The molecule has 1 heterocycles. The number of carbonyl (C=O) groups is 1. The topological polar surface area (TPSA) is 55.1 Å². The molecule has 0 unspecified atom stereocenters. The Morgan fingerprint density at radius 3 is 3.06 bits per heavy atom. The monoisotopic (exact) mass is 219 g/mol. The van der Waals surface area contributed by atoms with E-state index in [1.165, 1.54) is 29.1 Å². The first kappa shape index (κ1) is 10.4. The number of hydrogen-bond donors (Lipinski definition) is 1. The number of rotatable bonds is 3. The Kier molecular flexibility index (Phi) is 2.68. The minimum Gasteiger partial charge on any atom is -0.477 e. The molecule has 1 aromatic heterocycles. The highest BCUT2D eigenvalue weighted by Crippen LogP contribution is 2.07. The lowest BCUT2D eigenvalue weighted by Gasteiger charge is -2.04. The molecule has 2 aromatic rings. The van der Waals surface area contributed by atoms with Crippen LogP contribution in [0.3, 0.4) is 0 Å². The molecule has 0 fully saturated rings. The van der Waals surface area contributed by atoms with Gasteiger partial charge in [-0.05, 0) is 17.7 Å². The number of nitrogens with zero attached hydrogens (tertiary/aromatic N) is 2. The molecule has 0 saturated heterocycles. The molecular weight excluding hydrogens is 211 g/mol. The van der Waals surface area contributed by atoms with Crippen LogP contribution in [0, 0.1) is 11.9 Å². The van der Waals surface area contributed by atoms with E-state index in [0.717, 1.165) is 0 Å². The summed E-state index contributed by atoms with van der Waals surface area (Å²) in [6.07, 6.45) is 1.40. The summed E-state index contributed by atoms with van der Waals surface area (Å²) in [5.74, 6) is -1.53. The van der Waals surface area contributed by atoms with Gasteiger partial charge in [-0.3, -0.25) is 4.68 Å². The summed E-state index contributed by atoms with van der Waals surface area (Å²) in [4.78, 5) is 10.8. The van der Waals surface area contributed by atoms with Crippen LogP contribution in [-0.4, -0.2) is 20.9 Å². The second-order valence-electron chi connectivity index (χ2n) is 3.22. The van der Waals surface area contributed by atoms with Crippen LogP contribution in [0.2, 0.25) is 0 Å². The van der Waals surface area contributed by atoms with Crippen LogP contribution in [0.25, 0.3) is 0 Å². The van der Waals surface area contributed by atoms with Crippen LogP contribution in [-0.2, 0) is 6.54 Å². The Balaban J connectivity index is 2.27. The predicted molar refractivity (Wildman–Crippen MR) is 53.5 cm³/mol. The minimum absolute atomic E-state index is 0.0771. The van der Waals surface area contributed by atoms with Crippen LogP contribution in [0.4, 0.5) is 4.39 Å². The van der Waals surface area contributed by atoms with Gasteiger partial charge in [-0.1, -0.05) is 12.1 Å². The van der Waals surface area contributed by atoms with E-state index in [-0.39, 0.29) is 12.2 Å². The molecule has 5 heteroatoms. The van der Waals surface area contributed by atoms with E-state index in [1.807, 2.05) is 0 Å². The highest BCUT2D eigenvalue weighted by Gasteiger charge is 2.10. The van der Waals surface area contributed by atoms with E-state index >= 15 is 0 Å². The number of benzene rings is 1. The van der Waals surface area contributed by atoms with Gasteiger partial charge in [0.15, 0.2) is 0 Å². The van der Waals surface area contributed by atoms with Crippen molar-refractivity contribution in [2.24, 2.45) is 0 Å². The number of aromatic carboxylic acids is 1. The van der Waals surface area contributed by atoms with Crippen molar-refractivity contribution in [3.8, 4) is 0 Å². The zero-order chi connectivity index (χ0) is 11.5. The van der Waals surface area contributed by atoms with Crippen molar-refractivity contribution >= 4 is 5.97 Å². The van der Waals surface area contributed by atoms with E-state index in [9.17, 15) is 9.18 Å². The van der Waals surface area contributed by atoms with Gasteiger partial charge in [-0.25, -0.2) is 9.18 Å². The Labute approximate surface area is 90.9 Å². The van der Waals surface area contributed by atoms with E-state index in [2.05, 4.69) is 11.2 Å². The molecule has 4 nitrogen and oxygen atoms in total. The van der Waals surface area contributed by atoms with E-state index in [4.69, 9.17) is 5.11 Å². The third-order valence-corrected chi connectivity index (χ3v) is 2.10. The smallest absolute Gasteiger partial charge is 0.354 e. The number of halogens is 1. The van der Waals surface area contributed by atoms with Crippen molar-refractivity contribution < 1.29 is 14.3 Å². The lowest BCUT2D eigenvalue weighted by atomic mass is 10.2. The molecule has 1 N–H and O–H groups in total. The molecule has 0 bridgehead atoms. The molecule has 0 spiro atoms. The van der Waals surface area contributed by atoms with Gasteiger partial charge >= 0.3 is 5.97 Å². The fourth-order valence-electron chi connectivity index (χ4n) is 1.39. The first-order valence-corrected chi connectivity index (χ1v) is 4.58. The zero-order valence-corrected chi connectivity index (χ0v) is 8.22. The maximum atomic E-state index is 12.9. The van der Waals surface area contributed by atoms with Gasteiger partial charge in [0.05, 0.1) is 6.54 Å². The summed E-state index contributed by atoms with van der Waals surface area (Å²) >= 11 is 0. The average molecular weight is 219 g/mol. The summed E-state index contributed by atoms with van der Waals surface area (Å²) in [7, 11) is 0. The predicted octanol–water partition coefficient (Wildman–Crippen LogP) is 1.57. The van der Waals surface area contributed by atoms with Gasteiger partial charge < -0.3 is 5.11 Å². The number of aromatic nitrogens is 2. The Hall–Kier alpha value is -2.17. The maximum Gasteiger partial charge on any atom is 0.354 e. The molecule has 16 heavy (non-hydrogen) atoms. The van der Waals surface area contributed by atoms with Crippen molar-refractivity contribution in [2.45, 2.75) is 6.54 Å².